The van der Waals surface area contributed by atoms with Crippen molar-refractivity contribution in [3.63, 3.8) is 0 Å². The van der Waals surface area contributed by atoms with Crippen LogP contribution in [0.1, 0.15) is 16.1 Å². The van der Waals surface area contributed by atoms with Gasteiger partial charge in [-0.15, -0.1) is 0 Å². The molecule has 1 rings (SSSR count). The van der Waals surface area contributed by atoms with Crippen LogP contribution in [0.4, 0.5) is 0 Å². The summed E-state index contributed by atoms with van der Waals surface area (Å²) in [7, 11) is 0. The molecule has 0 saturated heterocycles. The first-order valence-electron chi connectivity index (χ1n) is 3.05. The third-order valence-electron chi connectivity index (χ3n) is 1.28. The van der Waals surface area contributed by atoms with E-state index in [0.29, 0.717) is 16.6 Å². The lowest BCUT2D eigenvalue weighted by molar-refractivity contribution is 0.0999. The summed E-state index contributed by atoms with van der Waals surface area (Å²) in [5.74, 6) is -0.437. The van der Waals surface area contributed by atoms with Gasteiger partial charge in [-0.05, 0) is 12.1 Å². The summed E-state index contributed by atoms with van der Waals surface area (Å²) >= 11 is 3.21. The van der Waals surface area contributed by atoms with Crippen molar-refractivity contribution in [2.24, 2.45) is 5.73 Å². The summed E-state index contributed by atoms with van der Waals surface area (Å²) < 4.78 is 0. The molecule has 0 aliphatic carbocycles. The summed E-state index contributed by atoms with van der Waals surface area (Å²) in [6.45, 7) is 0. The van der Waals surface area contributed by atoms with Gasteiger partial charge in [0.2, 0.25) is 0 Å². The largest absolute Gasteiger partial charge is 0.366 e. The Hall–Kier alpha value is -0.900. The van der Waals surface area contributed by atoms with E-state index in [2.05, 4.69) is 20.9 Å². The lowest BCUT2D eigenvalue weighted by Crippen LogP contribution is -2.13. The second-order valence-electron chi connectivity index (χ2n) is 2.00. The topological polar surface area (TPSA) is 56.0 Å². The Kier molecular flexibility index (Phi) is 2.59. The lowest BCUT2D eigenvalue weighted by atomic mass is 10.2. The number of carbonyl (C=O) groups excluding carboxylic acids is 1. The molecule has 1 aromatic rings. The summed E-state index contributed by atoms with van der Waals surface area (Å²) in [6, 6.07) is 3.35. The number of alkyl halides is 1. The number of pyridine rings is 1. The first-order chi connectivity index (χ1) is 5.25. The van der Waals surface area contributed by atoms with Crippen molar-refractivity contribution in [3.8, 4) is 0 Å². The van der Waals surface area contributed by atoms with Gasteiger partial charge in [0.05, 0.1) is 11.3 Å². The van der Waals surface area contributed by atoms with E-state index in [1.165, 1.54) is 0 Å². The highest BCUT2D eigenvalue weighted by atomic mass is 79.9. The molecule has 0 aliphatic heterocycles. The fourth-order valence-corrected chi connectivity index (χ4v) is 1.22. The third-order valence-corrected chi connectivity index (χ3v) is 1.81. The SMILES string of the molecule is NC(=O)c1cccnc1CBr. The Morgan fingerprint density at radius 2 is 2.45 bits per heavy atom. The Morgan fingerprint density at radius 3 is 2.91 bits per heavy atom. The maximum absolute atomic E-state index is 10.7. The van der Waals surface area contributed by atoms with E-state index in [0.717, 1.165) is 0 Å². The van der Waals surface area contributed by atoms with Crippen molar-refractivity contribution in [3.05, 3.63) is 29.6 Å². The lowest BCUT2D eigenvalue weighted by Gasteiger charge is -1.99. The smallest absolute Gasteiger partial charge is 0.250 e. The minimum absolute atomic E-state index is 0.437. The zero-order valence-electron chi connectivity index (χ0n) is 5.75. The van der Waals surface area contributed by atoms with Crippen LogP contribution >= 0.6 is 15.9 Å². The van der Waals surface area contributed by atoms with Crippen LogP contribution < -0.4 is 5.73 Å². The predicted octanol–water partition coefficient (Wildman–Crippen LogP) is 1.08. The van der Waals surface area contributed by atoms with Gasteiger partial charge in [-0.3, -0.25) is 9.78 Å². The summed E-state index contributed by atoms with van der Waals surface area (Å²) in [6.07, 6.45) is 1.63. The molecule has 11 heavy (non-hydrogen) atoms. The molecular weight excluding hydrogens is 208 g/mol. The maximum Gasteiger partial charge on any atom is 0.250 e. The molecule has 0 atom stereocenters. The van der Waals surface area contributed by atoms with Crippen LogP contribution in [-0.4, -0.2) is 10.9 Å². The molecule has 1 heterocycles. The van der Waals surface area contributed by atoms with Crippen LogP contribution in [0.15, 0.2) is 18.3 Å². The van der Waals surface area contributed by atoms with E-state index in [4.69, 9.17) is 5.73 Å². The number of nitrogens with zero attached hydrogens (tertiary/aromatic N) is 1. The van der Waals surface area contributed by atoms with Gasteiger partial charge in [0.1, 0.15) is 0 Å². The molecule has 0 saturated carbocycles. The molecule has 58 valence electrons. The van der Waals surface area contributed by atoms with Crippen LogP contribution in [0.2, 0.25) is 0 Å². The van der Waals surface area contributed by atoms with Gasteiger partial charge >= 0.3 is 0 Å². The van der Waals surface area contributed by atoms with Crippen LogP contribution in [0.3, 0.4) is 0 Å². The molecule has 0 bridgehead atoms. The summed E-state index contributed by atoms with van der Waals surface area (Å²) in [5.41, 5.74) is 6.25. The number of hydrogen-bond acceptors (Lipinski definition) is 2. The van der Waals surface area contributed by atoms with Crippen molar-refractivity contribution in [2.45, 2.75) is 5.33 Å². The monoisotopic (exact) mass is 214 g/mol. The molecule has 0 fully saturated rings. The standard InChI is InChI=1S/C7H7BrN2O/c8-4-6-5(7(9)11)2-1-3-10-6/h1-3H,4H2,(H2,9,11). The zero-order chi connectivity index (χ0) is 8.27. The van der Waals surface area contributed by atoms with Crippen LogP contribution in [-0.2, 0) is 5.33 Å². The first kappa shape index (κ1) is 8.20. The average molecular weight is 215 g/mol. The van der Waals surface area contributed by atoms with Gasteiger partial charge in [-0.1, -0.05) is 15.9 Å². The maximum atomic E-state index is 10.7. The molecule has 4 heteroatoms. The average Bonchev–Trinajstić information content (AvgIpc) is 2.04. The number of rotatable bonds is 2. The Balaban J connectivity index is 3.12. The molecule has 1 amide bonds. The van der Waals surface area contributed by atoms with Crippen LogP contribution in [0.25, 0.3) is 0 Å². The van der Waals surface area contributed by atoms with Crippen LogP contribution in [0.5, 0.6) is 0 Å². The zero-order valence-corrected chi connectivity index (χ0v) is 7.34. The number of aromatic nitrogens is 1. The number of primary amides is 1. The molecule has 0 spiro atoms. The Morgan fingerprint density at radius 1 is 1.73 bits per heavy atom. The van der Waals surface area contributed by atoms with E-state index < -0.39 is 5.91 Å². The highest BCUT2D eigenvalue weighted by Crippen LogP contribution is 2.07. The van der Waals surface area contributed by atoms with Crippen molar-refractivity contribution in [1.29, 1.82) is 0 Å². The van der Waals surface area contributed by atoms with Crippen molar-refractivity contribution < 1.29 is 4.79 Å². The van der Waals surface area contributed by atoms with Crippen molar-refractivity contribution in [2.75, 3.05) is 0 Å². The van der Waals surface area contributed by atoms with Gasteiger partial charge < -0.3 is 5.73 Å². The number of hydrogen-bond donors (Lipinski definition) is 1. The predicted molar refractivity (Wildman–Crippen MR) is 45.4 cm³/mol. The molecule has 0 aromatic carbocycles. The second kappa shape index (κ2) is 3.48. The summed E-state index contributed by atoms with van der Waals surface area (Å²) in [5, 5.41) is 0.548. The molecule has 0 radical (unpaired) electrons. The summed E-state index contributed by atoms with van der Waals surface area (Å²) in [4.78, 5) is 14.7. The van der Waals surface area contributed by atoms with E-state index in [-0.39, 0.29) is 0 Å². The molecule has 0 aliphatic rings. The van der Waals surface area contributed by atoms with E-state index in [1.54, 1.807) is 18.3 Å². The highest BCUT2D eigenvalue weighted by molar-refractivity contribution is 9.08. The van der Waals surface area contributed by atoms with Gasteiger partial charge in [-0.25, -0.2) is 0 Å². The second-order valence-corrected chi connectivity index (χ2v) is 2.56. The quantitative estimate of drug-likeness (QED) is 0.750. The van der Waals surface area contributed by atoms with Gasteiger partial charge in [0.25, 0.3) is 5.91 Å². The fourth-order valence-electron chi connectivity index (χ4n) is 0.769. The third kappa shape index (κ3) is 1.77. The Bertz CT molecular complexity index is 275. The van der Waals surface area contributed by atoms with E-state index in [9.17, 15) is 4.79 Å². The molecular formula is C7H7BrN2O. The van der Waals surface area contributed by atoms with Crippen molar-refractivity contribution >= 4 is 21.8 Å². The van der Waals surface area contributed by atoms with Gasteiger partial charge in [-0.2, -0.15) is 0 Å². The first-order valence-corrected chi connectivity index (χ1v) is 4.17. The number of nitrogens with two attached hydrogens (primary N) is 1. The van der Waals surface area contributed by atoms with E-state index in [1.807, 2.05) is 0 Å². The van der Waals surface area contributed by atoms with Crippen LogP contribution in [0, 0.1) is 0 Å². The minimum Gasteiger partial charge on any atom is -0.366 e. The number of carbonyl (C=O) groups is 1. The number of amides is 1. The highest BCUT2D eigenvalue weighted by Gasteiger charge is 2.05. The normalized spacial score (nSPS) is 9.55. The fraction of sp³-hybridized carbons (Fsp3) is 0.143. The number of halogens is 1. The van der Waals surface area contributed by atoms with E-state index >= 15 is 0 Å². The molecule has 3 nitrogen and oxygen atoms in total. The van der Waals surface area contributed by atoms with Gasteiger partial charge in [0, 0.05) is 11.5 Å². The molecule has 0 unspecified atom stereocenters. The van der Waals surface area contributed by atoms with Gasteiger partial charge in [0.15, 0.2) is 0 Å². The van der Waals surface area contributed by atoms with Crippen molar-refractivity contribution in [1.82, 2.24) is 4.98 Å². The minimum atomic E-state index is -0.437. The molecule has 1 aromatic heterocycles. The Labute approximate surface area is 72.7 Å². The molecule has 2 N–H and O–H groups in total.